The highest BCUT2D eigenvalue weighted by atomic mass is 35.5. The molecule has 0 aromatic heterocycles. The van der Waals surface area contributed by atoms with Crippen molar-refractivity contribution in [1.82, 2.24) is 5.32 Å². The summed E-state index contributed by atoms with van der Waals surface area (Å²) < 4.78 is 29.4. The molecule has 164 valence electrons. The summed E-state index contributed by atoms with van der Waals surface area (Å²) in [6.45, 7) is -0.929. The van der Waals surface area contributed by atoms with Gasteiger partial charge in [-0.25, -0.2) is 0 Å². The SMILES string of the molecule is C[C@@H](NC1=C[C@H](c2cccc(Cl)c2)N(c2ccc(OC(F)F)cc2)C1=O)c1ccccc1. The van der Waals surface area contributed by atoms with Crippen molar-refractivity contribution >= 4 is 23.2 Å². The number of rotatable bonds is 7. The largest absolute Gasteiger partial charge is 0.435 e. The van der Waals surface area contributed by atoms with Gasteiger partial charge in [0.2, 0.25) is 0 Å². The van der Waals surface area contributed by atoms with Crippen LogP contribution in [-0.4, -0.2) is 12.5 Å². The summed E-state index contributed by atoms with van der Waals surface area (Å²) >= 11 is 6.20. The fourth-order valence-electron chi connectivity index (χ4n) is 3.73. The van der Waals surface area contributed by atoms with Crippen molar-refractivity contribution in [2.75, 3.05) is 4.90 Å². The average molecular weight is 455 g/mol. The van der Waals surface area contributed by atoms with Crippen LogP contribution in [0.15, 0.2) is 90.6 Å². The van der Waals surface area contributed by atoms with E-state index in [1.54, 1.807) is 29.2 Å². The Labute approximate surface area is 190 Å². The number of nitrogens with one attached hydrogen (secondary N) is 1. The predicted octanol–water partition coefficient (Wildman–Crippen LogP) is 6.26. The van der Waals surface area contributed by atoms with E-state index in [4.69, 9.17) is 11.6 Å². The van der Waals surface area contributed by atoms with Crippen molar-refractivity contribution in [3.63, 3.8) is 0 Å². The van der Waals surface area contributed by atoms with E-state index in [9.17, 15) is 13.6 Å². The summed E-state index contributed by atoms with van der Waals surface area (Å²) in [5, 5.41) is 3.87. The van der Waals surface area contributed by atoms with E-state index < -0.39 is 12.7 Å². The zero-order valence-electron chi connectivity index (χ0n) is 17.2. The second-order valence-electron chi connectivity index (χ2n) is 7.40. The van der Waals surface area contributed by atoms with Crippen molar-refractivity contribution < 1.29 is 18.3 Å². The molecule has 2 atom stereocenters. The fraction of sp³-hybridized carbons (Fsp3) is 0.160. The van der Waals surface area contributed by atoms with E-state index >= 15 is 0 Å². The topological polar surface area (TPSA) is 41.6 Å². The first-order valence-electron chi connectivity index (χ1n) is 10.1. The molecule has 0 saturated carbocycles. The predicted molar refractivity (Wildman–Crippen MR) is 121 cm³/mol. The van der Waals surface area contributed by atoms with Crippen molar-refractivity contribution in [3.05, 3.63) is 107 Å². The monoisotopic (exact) mass is 454 g/mol. The molecule has 32 heavy (non-hydrogen) atoms. The van der Waals surface area contributed by atoms with Crippen molar-refractivity contribution in [2.45, 2.75) is 25.6 Å². The van der Waals surface area contributed by atoms with Gasteiger partial charge in [-0.3, -0.25) is 9.69 Å². The van der Waals surface area contributed by atoms with Gasteiger partial charge in [0.15, 0.2) is 0 Å². The second kappa shape index (κ2) is 9.40. The van der Waals surface area contributed by atoms with Gasteiger partial charge in [-0.15, -0.1) is 0 Å². The highest BCUT2D eigenvalue weighted by Crippen LogP contribution is 2.37. The van der Waals surface area contributed by atoms with E-state index in [0.717, 1.165) is 11.1 Å². The molecular formula is C25H21ClF2N2O2. The quantitative estimate of drug-likeness (QED) is 0.458. The first-order valence-corrected chi connectivity index (χ1v) is 10.5. The minimum atomic E-state index is -2.91. The van der Waals surface area contributed by atoms with Gasteiger partial charge < -0.3 is 10.1 Å². The van der Waals surface area contributed by atoms with E-state index in [-0.39, 0.29) is 17.7 Å². The minimum Gasteiger partial charge on any atom is -0.435 e. The summed E-state index contributed by atoms with van der Waals surface area (Å²) in [6.07, 6.45) is 1.86. The molecule has 1 aliphatic heterocycles. The molecule has 0 fully saturated rings. The zero-order valence-corrected chi connectivity index (χ0v) is 18.0. The third-order valence-corrected chi connectivity index (χ3v) is 5.49. The standard InChI is InChI=1S/C25H21ClF2N2O2/c1-16(17-6-3-2-4-7-17)29-22-15-23(18-8-5-9-19(26)14-18)30(24(22)31)20-10-12-21(13-11-20)32-25(27)28/h2-16,23,25,29H,1H3/t16-,23-/m1/s1. The van der Waals surface area contributed by atoms with Crippen LogP contribution in [0.3, 0.4) is 0 Å². The summed E-state index contributed by atoms with van der Waals surface area (Å²) in [7, 11) is 0. The zero-order chi connectivity index (χ0) is 22.7. The molecule has 4 nitrogen and oxygen atoms in total. The van der Waals surface area contributed by atoms with Crippen LogP contribution in [0.5, 0.6) is 5.75 Å². The Bertz CT molecular complexity index is 1120. The molecule has 0 unspecified atom stereocenters. The lowest BCUT2D eigenvalue weighted by atomic mass is 10.1. The van der Waals surface area contributed by atoms with Crippen molar-refractivity contribution in [2.24, 2.45) is 0 Å². The van der Waals surface area contributed by atoms with Gasteiger partial charge in [-0.1, -0.05) is 54.1 Å². The van der Waals surface area contributed by atoms with E-state index in [1.165, 1.54) is 12.1 Å². The average Bonchev–Trinajstić information content (AvgIpc) is 3.10. The van der Waals surface area contributed by atoms with Crippen LogP contribution in [0.4, 0.5) is 14.5 Å². The molecule has 0 spiro atoms. The Morgan fingerprint density at radius 3 is 2.38 bits per heavy atom. The van der Waals surface area contributed by atoms with Crippen LogP contribution in [0.1, 0.15) is 30.1 Å². The molecule has 1 amide bonds. The van der Waals surface area contributed by atoms with Gasteiger partial charge in [0.1, 0.15) is 5.75 Å². The highest BCUT2D eigenvalue weighted by molar-refractivity contribution is 6.30. The lowest BCUT2D eigenvalue weighted by Gasteiger charge is -2.26. The lowest BCUT2D eigenvalue weighted by molar-refractivity contribution is -0.115. The maximum absolute atomic E-state index is 13.4. The number of nitrogens with zero attached hydrogens (tertiary/aromatic N) is 1. The van der Waals surface area contributed by atoms with Crippen molar-refractivity contribution in [1.29, 1.82) is 0 Å². The number of alkyl halides is 2. The number of carbonyl (C=O) groups is 1. The minimum absolute atomic E-state index is 0.0266. The van der Waals surface area contributed by atoms with Gasteiger partial charge in [0, 0.05) is 16.8 Å². The lowest BCUT2D eigenvalue weighted by Crippen LogP contribution is -2.33. The maximum Gasteiger partial charge on any atom is 0.387 e. The number of ether oxygens (including phenoxy) is 1. The molecule has 7 heteroatoms. The molecule has 1 heterocycles. The molecule has 0 saturated heterocycles. The smallest absolute Gasteiger partial charge is 0.387 e. The number of anilines is 1. The van der Waals surface area contributed by atoms with Crippen LogP contribution in [0.2, 0.25) is 5.02 Å². The molecule has 1 aliphatic rings. The van der Waals surface area contributed by atoms with Gasteiger partial charge in [0.25, 0.3) is 5.91 Å². The third kappa shape index (κ3) is 4.75. The maximum atomic E-state index is 13.4. The van der Waals surface area contributed by atoms with Crippen LogP contribution in [0, 0.1) is 0 Å². The summed E-state index contributed by atoms with van der Waals surface area (Å²) in [6, 6.07) is 22.6. The highest BCUT2D eigenvalue weighted by Gasteiger charge is 2.35. The van der Waals surface area contributed by atoms with Crippen molar-refractivity contribution in [3.8, 4) is 5.75 Å². The molecule has 1 N–H and O–H groups in total. The number of carbonyl (C=O) groups excluding carboxylic acids is 1. The van der Waals surface area contributed by atoms with Gasteiger partial charge in [0.05, 0.1) is 11.7 Å². The number of benzene rings is 3. The molecule has 0 radical (unpaired) electrons. The number of hydrogen-bond donors (Lipinski definition) is 1. The molecule has 0 bridgehead atoms. The fourth-order valence-corrected chi connectivity index (χ4v) is 3.93. The van der Waals surface area contributed by atoms with E-state index in [0.29, 0.717) is 16.4 Å². The Morgan fingerprint density at radius 1 is 1.00 bits per heavy atom. The summed E-state index contributed by atoms with van der Waals surface area (Å²) in [4.78, 5) is 15.0. The van der Waals surface area contributed by atoms with Crippen LogP contribution < -0.4 is 15.0 Å². The van der Waals surface area contributed by atoms with Crippen LogP contribution in [-0.2, 0) is 4.79 Å². The molecule has 3 aromatic carbocycles. The Hall–Kier alpha value is -3.38. The first kappa shape index (κ1) is 21.8. The summed E-state index contributed by atoms with van der Waals surface area (Å²) in [5.74, 6) is -0.195. The first-order chi connectivity index (χ1) is 15.4. The number of amides is 1. The number of hydrogen-bond acceptors (Lipinski definition) is 3. The normalized spacial score (nSPS) is 16.8. The van der Waals surface area contributed by atoms with Gasteiger partial charge >= 0.3 is 6.61 Å². The van der Waals surface area contributed by atoms with Crippen LogP contribution in [0.25, 0.3) is 0 Å². The Balaban J connectivity index is 1.66. The Morgan fingerprint density at radius 2 is 1.72 bits per heavy atom. The Kier molecular flexibility index (Phi) is 6.42. The van der Waals surface area contributed by atoms with Crippen LogP contribution >= 0.6 is 11.6 Å². The summed E-state index contributed by atoms with van der Waals surface area (Å²) in [5.41, 5.74) is 2.90. The molecular weight excluding hydrogens is 434 g/mol. The molecule has 3 aromatic rings. The van der Waals surface area contributed by atoms with E-state index in [2.05, 4.69) is 10.1 Å². The molecule has 0 aliphatic carbocycles. The van der Waals surface area contributed by atoms with E-state index in [1.807, 2.05) is 55.5 Å². The third-order valence-electron chi connectivity index (χ3n) is 5.25. The number of halogens is 3. The molecule has 4 rings (SSSR count). The second-order valence-corrected chi connectivity index (χ2v) is 7.84. The van der Waals surface area contributed by atoms with Gasteiger partial charge in [-0.05, 0) is 60.5 Å². The van der Waals surface area contributed by atoms with Gasteiger partial charge in [-0.2, -0.15) is 8.78 Å².